The molecule has 0 aliphatic carbocycles. The first-order valence-corrected chi connectivity index (χ1v) is 11.6. The minimum absolute atomic E-state index is 0.0668. The van der Waals surface area contributed by atoms with E-state index in [9.17, 15) is 9.59 Å². The van der Waals surface area contributed by atoms with Crippen LogP contribution in [0, 0.1) is 18.3 Å². The van der Waals surface area contributed by atoms with E-state index >= 15 is 0 Å². The van der Waals surface area contributed by atoms with E-state index in [-0.39, 0.29) is 23.8 Å². The van der Waals surface area contributed by atoms with Crippen LogP contribution in [-0.4, -0.2) is 73.1 Å². The van der Waals surface area contributed by atoms with E-state index in [0.29, 0.717) is 18.2 Å². The van der Waals surface area contributed by atoms with Crippen molar-refractivity contribution in [2.75, 3.05) is 39.3 Å². The predicted octanol–water partition coefficient (Wildman–Crippen LogP) is 2.28. The van der Waals surface area contributed by atoms with Crippen LogP contribution in [-0.2, 0) is 9.53 Å². The van der Waals surface area contributed by atoms with Crippen LogP contribution in [0.1, 0.15) is 54.4 Å². The lowest BCUT2D eigenvalue weighted by molar-refractivity contribution is -0.127. The number of piperidine rings is 2. The molecule has 0 radical (unpaired) electrons. The summed E-state index contributed by atoms with van der Waals surface area (Å²) in [7, 11) is 0. The van der Waals surface area contributed by atoms with Crippen LogP contribution < -0.4 is 5.32 Å². The minimum atomic E-state index is 0.0668. The number of carbonyl (C=O) groups excluding carboxylic acids is 2. The molecule has 3 fully saturated rings. The molecule has 0 bridgehead atoms. The molecule has 1 N–H and O–H groups in total. The van der Waals surface area contributed by atoms with Crippen molar-refractivity contribution in [2.45, 2.75) is 50.7 Å². The topological polar surface area (TPSA) is 61.9 Å². The van der Waals surface area contributed by atoms with Crippen molar-refractivity contribution < 1.29 is 14.3 Å². The maximum Gasteiger partial charge on any atom is 0.253 e. The SMILES string of the molecule is C#Cc1cccc(C(=O)N2CCC(N3CCC(C(=O)NCC4CCCO4)CC3)CC2)c1. The molecule has 166 valence electrons. The van der Waals surface area contributed by atoms with Gasteiger partial charge >= 0.3 is 0 Å². The van der Waals surface area contributed by atoms with Crippen molar-refractivity contribution in [3.63, 3.8) is 0 Å². The third-order valence-corrected chi connectivity index (χ3v) is 6.97. The van der Waals surface area contributed by atoms with Gasteiger partial charge in [0.1, 0.15) is 0 Å². The molecule has 1 unspecified atom stereocenters. The molecule has 0 aromatic heterocycles. The van der Waals surface area contributed by atoms with Crippen LogP contribution in [0.5, 0.6) is 0 Å². The van der Waals surface area contributed by atoms with Gasteiger partial charge in [-0.25, -0.2) is 0 Å². The Labute approximate surface area is 185 Å². The Balaban J connectivity index is 1.20. The van der Waals surface area contributed by atoms with Gasteiger partial charge in [-0.05, 0) is 69.8 Å². The standard InChI is InChI=1S/C25H33N3O3/c1-2-19-5-3-6-21(17-19)25(30)28-14-10-22(11-15-28)27-12-8-20(9-13-27)24(29)26-18-23-7-4-16-31-23/h1,3,5-6,17,20,22-23H,4,7-16,18H2,(H,26,29). The van der Waals surface area contributed by atoms with Crippen molar-refractivity contribution in [2.24, 2.45) is 5.92 Å². The van der Waals surface area contributed by atoms with Gasteiger partial charge in [0.25, 0.3) is 5.91 Å². The largest absolute Gasteiger partial charge is 0.376 e. The Morgan fingerprint density at radius 2 is 1.87 bits per heavy atom. The van der Waals surface area contributed by atoms with Gasteiger partial charge in [-0.1, -0.05) is 12.0 Å². The zero-order valence-electron chi connectivity index (χ0n) is 18.2. The second-order valence-corrected chi connectivity index (χ2v) is 8.94. The Morgan fingerprint density at radius 3 is 2.55 bits per heavy atom. The molecule has 1 aromatic carbocycles. The molecule has 1 atom stereocenters. The minimum Gasteiger partial charge on any atom is -0.376 e. The molecule has 1 aromatic rings. The van der Waals surface area contributed by atoms with Crippen molar-refractivity contribution in [3.05, 3.63) is 35.4 Å². The maximum atomic E-state index is 12.8. The molecule has 0 spiro atoms. The molecule has 6 heteroatoms. The lowest BCUT2D eigenvalue weighted by atomic mass is 9.92. The highest BCUT2D eigenvalue weighted by Crippen LogP contribution is 2.25. The van der Waals surface area contributed by atoms with E-state index in [4.69, 9.17) is 11.2 Å². The number of hydrogen-bond donors (Lipinski definition) is 1. The summed E-state index contributed by atoms with van der Waals surface area (Å²) in [5.41, 5.74) is 1.41. The number of hydrogen-bond acceptors (Lipinski definition) is 4. The Kier molecular flexibility index (Phi) is 7.26. The van der Waals surface area contributed by atoms with E-state index in [2.05, 4.69) is 16.1 Å². The fraction of sp³-hybridized carbons (Fsp3) is 0.600. The molecule has 4 rings (SSSR count). The molecule has 3 aliphatic rings. The zero-order chi connectivity index (χ0) is 21.6. The molecule has 3 aliphatic heterocycles. The smallest absolute Gasteiger partial charge is 0.253 e. The molecule has 2 amide bonds. The number of likely N-dealkylation sites (tertiary alicyclic amines) is 2. The van der Waals surface area contributed by atoms with Crippen LogP contribution in [0.15, 0.2) is 24.3 Å². The van der Waals surface area contributed by atoms with E-state index < -0.39 is 0 Å². The number of ether oxygens (including phenoxy) is 1. The van der Waals surface area contributed by atoms with Crippen LogP contribution in [0.4, 0.5) is 0 Å². The molecule has 31 heavy (non-hydrogen) atoms. The summed E-state index contributed by atoms with van der Waals surface area (Å²) in [6.07, 6.45) is 11.6. The monoisotopic (exact) mass is 423 g/mol. The maximum absolute atomic E-state index is 12.8. The average Bonchev–Trinajstić information content (AvgIpc) is 3.36. The van der Waals surface area contributed by atoms with Gasteiger partial charge in [0, 0.05) is 49.3 Å². The third kappa shape index (κ3) is 5.47. The molecule has 3 heterocycles. The first kappa shape index (κ1) is 21.9. The summed E-state index contributed by atoms with van der Waals surface area (Å²) in [6, 6.07) is 7.82. The lowest BCUT2D eigenvalue weighted by Gasteiger charge is -2.41. The molecule has 6 nitrogen and oxygen atoms in total. The van der Waals surface area contributed by atoms with Crippen LogP contribution in [0.25, 0.3) is 0 Å². The summed E-state index contributed by atoms with van der Waals surface area (Å²) in [5, 5.41) is 3.09. The number of amides is 2. The van der Waals surface area contributed by atoms with Gasteiger partial charge in [0.2, 0.25) is 5.91 Å². The first-order chi connectivity index (χ1) is 15.1. The summed E-state index contributed by atoms with van der Waals surface area (Å²) in [5.74, 6) is 2.96. The van der Waals surface area contributed by atoms with Gasteiger partial charge in [0.05, 0.1) is 6.10 Å². The fourth-order valence-corrected chi connectivity index (χ4v) is 5.05. The lowest BCUT2D eigenvalue weighted by Crippen LogP contribution is -2.50. The van der Waals surface area contributed by atoms with Crippen LogP contribution in [0.2, 0.25) is 0 Å². The number of nitrogens with one attached hydrogen (secondary N) is 1. The van der Waals surface area contributed by atoms with Gasteiger partial charge in [-0.2, -0.15) is 0 Å². The van der Waals surface area contributed by atoms with Gasteiger partial charge in [-0.3, -0.25) is 9.59 Å². The quantitative estimate of drug-likeness (QED) is 0.738. The number of rotatable bonds is 5. The van der Waals surface area contributed by atoms with Gasteiger partial charge in [-0.15, -0.1) is 6.42 Å². The highest BCUT2D eigenvalue weighted by atomic mass is 16.5. The normalized spacial score (nSPS) is 23.5. The second-order valence-electron chi connectivity index (χ2n) is 8.94. The number of terminal acetylenes is 1. The van der Waals surface area contributed by atoms with E-state index in [1.807, 2.05) is 23.1 Å². The summed E-state index contributed by atoms with van der Waals surface area (Å²) in [6.45, 7) is 4.93. The van der Waals surface area contributed by atoms with Gasteiger partial charge < -0.3 is 19.9 Å². The first-order valence-electron chi connectivity index (χ1n) is 11.6. The zero-order valence-corrected chi connectivity index (χ0v) is 18.2. The Bertz CT molecular complexity index is 812. The second kappa shape index (κ2) is 10.3. The molecular formula is C25H33N3O3. The summed E-state index contributed by atoms with van der Waals surface area (Å²) >= 11 is 0. The van der Waals surface area contributed by atoms with E-state index in [1.165, 1.54) is 0 Å². The predicted molar refractivity (Wildman–Crippen MR) is 120 cm³/mol. The number of nitrogens with zero attached hydrogens (tertiary/aromatic N) is 2. The van der Waals surface area contributed by atoms with Gasteiger partial charge in [0.15, 0.2) is 0 Å². The van der Waals surface area contributed by atoms with Crippen LogP contribution in [0.3, 0.4) is 0 Å². The Morgan fingerprint density at radius 1 is 1.10 bits per heavy atom. The highest BCUT2D eigenvalue weighted by molar-refractivity contribution is 5.94. The molecular weight excluding hydrogens is 390 g/mol. The van der Waals surface area contributed by atoms with Crippen molar-refractivity contribution in [3.8, 4) is 12.3 Å². The molecule has 3 saturated heterocycles. The average molecular weight is 424 g/mol. The highest BCUT2D eigenvalue weighted by Gasteiger charge is 2.32. The summed E-state index contributed by atoms with van der Waals surface area (Å²) < 4.78 is 5.59. The third-order valence-electron chi connectivity index (χ3n) is 6.97. The number of carbonyl (C=O) groups is 2. The van der Waals surface area contributed by atoms with E-state index in [1.54, 1.807) is 6.07 Å². The summed E-state index contributed by atoms with van der Waals surface area (Å²) in [4.78, 5) is 29.8. The van der Waals surface area contributed by atoms with Crippen LogP contribution >= 0.6 is 0 Å². The number of benzene rings is 1. The molecule has 0 saturated carbocycles. The fourth-order valence-electron chi connectivity index (χ4n) is 5.05. The van der Waals surface area contributed by atoms with Crippen molar-refractivity contribution in [1.29, 1.82) is 0 Å². The van der Waals surface area contributed by atoms with E-state index in [0.717, 1.165) is 76.9 Å². The van der Waals surface area contributed by atoms with Crippen molar-refractivity contribution >= 4 is 11.8 Å². The van der Waals surface area contributed by atoms with Crippen molar-refractivity contribution in [1.82, 2.24) is 15.1 Å². The Hall–Kier alpha value is -2.36.